The Hall–Kier alpha value is -3.40. The van der Waals surface area contributed by atoms with Crippen molar-refractivity contribution >= 4 is 34.5 Å². The van der Waals surface area contributed by atoms with Crippen molar-refractivity contribution in [2.45, 2.75) is 39.3 Å². The van der Waals surface area contributed by atoms with Gasteiger partial charge in [-0.05, 0) is 31.7 Å². The first-order valence-corrected chi connectivity index (χ1v) is 10.9. The van der Waals surface area contributed by atoms with Crippen LogP contribution in [0.3, 0.4) is 0 Å². The van der Waals surface area contributed by atoms with Crippen LogP contribution in [0.2, 0.25) is 0 Å². The average molecular weight is 457 g/mol. The fourth-order valence-electron chi connectivity index (χ4n) is 3.50. The van der Waals surface area contributed by atoms with E-state index in [1.807, 2.05) is 19.3 Å². The molecule has 9 nitrogen and oxygen atoms in total. The number of non-ortho nitro benzene ring substituents is 1. The summed E-state index contributed by atoms with van der Waals surface area (Å²) in [7, 11) is 0. The van der Waals surface area contributed by atoms with Gasteiger partial charge in [0.05, 0.1) is 28.7 Å². The number of hydrogen-bond acceptors (Lipinski definition) is 8. The zero-order valence-corrected chi connectivity index (χ0v) is 18.8. The summed E-state index contributed by atoms with van der Waals surface area (Å²) < 4.78 is 5.30. The number of amidine groups is 1. The van der Waals surface area contributed by atoms with Gasteiger partial charge in [0.1, 0.15) is 6.61 Å². The van der Waals surface area contributed by atoms with Gasteiger partial charge in [-0.2, -0.15) is 0 Å². The summed E-state index contributed by atoms with van der Waals surface area (Å²) >= 11 is 1.34. The molecule has 2 aliphatic heterocycles. The van der Waals surface area contributed by atoms with Crippen molar-refractivity contribution in [1.82, 2.24) is 10.2 Å². The Kier molecular flexibility index (Phi) is 7.14. The van der Waals surface area contributed by atoms with Gasteiger partial charge in [0, 0.05) is 23.9 Å². The maximum absolute atomic E-state index is 13.0. The van der Waals surface area contributed by atoms with Gasteiger partial charge in [-0.15, -0.1) is 0 Å². The van der Waals surface area contributed by atoms with Crippen molar-refractivity contribution in [3.63, 3.8) is 0 Å². The minimum Gasteiger partial charge on any atom is -0.458 e. The minimum atomic E-state index is -0.729. The van der Waals surface area contributed by atoms with Crippen LogP contribution >= 0.6 is 11.8 Å². The smallest absolute Gasteiger partial charge is 0.338 e. The Bertz CT molecular complexity index is 1060. The highest BCUT2D eigenvalue weighted by atomic mass is 32.2. The predicted molar refractivity (Wildman–Crippen MR) is 123 cm³/mol. The molecule has 0 aromatic heterocycles. The zero-order valence-electron chi connectivity index (χ0n) is 18.0. The number of amides is 1. The molecule has 0 saturated heterocycles. The van der Waals surface area contributed by atoms with Crippen LogP contribution in [0.15, 0.2) is 64.3 Å². The van der Waals surface area contributed by atoms with Crippen LogP contribution in [-0.4, -0.2) is 39.5 Å². The number of benzene rings is 1. The average Bonchev–Trinajstić information content (AvgIpc) is 3.12. The van der Waals surface area contributed by atoms with E-state index < -0.39 is 16.9 Å². The van der Waals surface area contributed by atoms with Crippen LogP contribution in [0, 0.1) is 10.1 Å². The molecule has 1 N–H and O–H groups in total. The van der Waals surface area contributed by atoms with Gasteiger partial charge in [0.15, 0.2) is 5.17 Å². The maximum Gasteiger partial charge on any atom is 0.338 e. The molecule has 1 aromatic carbocycles. The number of nitro groups is 1. The van der Waals surface area contributed by atoms with E-state index in [-0.39, 0.29) is 36.2 Å². The second-order valence-electron chi connectivity index (χ2n) is 7.53. The fourth-order valence-corrected chi connectivity index (χ4v) is 4.47. The molecule has 2 aliphatic rings. The Balaban J connectivity index is 2.07. The summed E-state index contributed by atoms with van der Waals surface area (Å²) in [5, 5.41) is 16.6. The lowest BCUT2D eigenvalue weighted by atomic mass is 9.93. The minimum absolute atomic E-state index is 0.0160. The molecule has 10 heteroatoms. The van der Waals surface area contributed by atoms with Gasteiger partial charge < -0.3 is 15.0 Å². The standard InChI is InChI=1S/C22H24N4O5S/c1-5-9-31-21(28)19-14(4)24-22-25(17(12-32-22)11-18(27)23-13(2)3)20(19)15-7-6-8-16(10-15)26(29)30/h5-8,10,12-13,20H,1,9,11H2,2-4H3,(H,23,27). The molecule has 0 spiro atoms. The maximum atomic E-state index is 13.0. The number of carbonyl (C=O) groups is 2. The van der Waals surface area contributed by atoms with Crippen LogP contribution in [0.25, 0.3) is 0 Å². The van der Waals surface area contributed by atoms with Crippen LogP contribution in [0.1, 0.15) is 38.8 Å². The van der Waals surface area contributed by atoms with Gasteiger partial charge in [0.25, 0.3) is 5.69 Å². The van der Waals surface area contributed by atoms with Crippen molar-refractivity contribution in [3.8, 4) is 0 Å². The van der Waals surface area contributed by atoms with Crippen molar-refractivity contribution in [2.75, 3.05) is 6.61 Å². The van der Waals surface area contributed by atoms with E-state index >= 15 is 0 Å². The van der Waals surface area contributed by atoms with E-state index in [2.05, 4.69) is 16.9 Å². The van der Waals surface area contributed by atoms with Gasteiger partial charge in [-0.1, -0.05) is 36.5 Å². The summed E-state index contributed by atoms with van der Waals surface area (Å²) in [6, 6.07) is 5.34. The lowest BCUT2D eigenvalue weighted by molar-refractivity contribution is -0.384. The fraction of sp³-hybridized carbons (Fsp3) is 0.318. The highest BCUT2D eigenvalue weighted by Gasteiger charge is 2.41. The van der Waals surface area contributed by atoms with E-state index in [1.54, 1.807) is 24.0 Å². The highest BCUT2D eigenvalue weighted by Crippen LogP contribution is 2.45. The molecule has 2 heterocycles. The molecule has 0 aliphatic carbocycles. The molecule has 32 heavy (non-hydrogen) atoms. The number of rotatable bonds is 8. The summed E-state index contributed by atoms with van der Waals surface area (Å²) in [5.41, 5.74) is 1.78. The molecule has 1 unspecified atom stereocenters. The van der Waals surface area contributed by atoms with Crippen molar-refractivity contribution in [2.24, 2.45) is 4.99 Å². The summed E-state index contributed by atoms with van der Waals surface area (Å²) in [4.78, 5) is 42.7. The van der Waals surface area contributed by atoms with E-state index in [4.69, 9.17) is 4.74 Å². The normalized spacial score (nSPS) is 17.5. The molecule has 1 aromatic rings. The number of aliphatic imine (C=N–C) groups is 1. The third kappa shape index (κ3) is 4.91. The number of nitrogens with one attached hydrogen (secondary N) is 1. The van der Waals surface area contributed by atoms with Crippen molar-refractivity contribution in [3.05, 3.63) is 75.0 Å². The topological polar surface area (TPSA) is 114 Å². The Morgan fingerprint density at radius 2 is 2.19 bits per heavy atom. The molecule has 1 atom stereocenters. The molecule has 1 amide bonds. The van der Waals surface area contributed by atoms with E-state index in [1.165, 1.54) is 30.0 Å². The second kappa shape index (κ2) is 9.82. The Morgan fingerprint density at radius 1 is 1.44 bits per heavy atom. The van der Waals surface area contributed by atoms with Crippen molar-refractivity contribution in [1.29, 1.82) is 0 Å². The second-order valence-corrected chi connectivity index (χ2v) is 8.37. The molecular weight excluding hydrogens is 432 g/mol. The van der Waals surface area contributed by atoms with Gasteiger partial charge >= 0.3 is 5.97 Å². The highest BCUT2D eigenvalue weighted by molar-refractivity contribution is 8.16. The number of allylic oxidation sites excluding steroid dienone is 1. The van der Waals surface area contributed by atoms with Gasteiger partial charge in [-0.25, -0.2) is 9.79 Å². The first-order chi connectivity index (χ1) is 15.2. The number of carbonyl (C=O) groups excluding carboxylic acids is 2. The SMILES string of the molecule is C=CCOC(=O)C1=C(C)N=C2SC=C(CC(=O)NC(C)C)N2C1c1cccc([N+](=O)[O-])c1. The Morgan fingerprint density at radius 3 is 2.84 bits per heavy atom. The molecule has 168 valence electrons. The molecule has 3 rings (SSSR count). The molecule has 0 radical (unpaired) electrons. The van der Waals surface area contributed by atoms with Crippen LogP contribution in [0.4, 0.5) is 5.69 Å². The zero-order chi connectivity index (χ0) is 23.4. The number of fused-ring (bicyclic) bond motifs is 1. The molecule has 0 saturated carbocycles. The molecule has 0 fully saturated rings. The number of thioether (sulfide) groups is 1. The third-order valence-electron chi connectivity index (χ3n) is 4.74. The monoisotopic (exact) mass is 456 g/mol. The summed E-state index contributed by atoms with van der Waals surface area (Å²) in [5.74, 6) is -0.766. The summed E-state index contributed by atoms with van der Waals surface area (Å²) in [6.45, 7) is 9.02. The van der Waals surface area contributed by atoms with Crippen LogP contribution < -0.4 is 5.32 Å². The van der Waals surface area contributed by atoms with E-state index in [0.29, 0.717) is 22.1 Å². The molecule has 0 bridgehead atoms. The van der Waals surface area contributed by atoms with Gasteiger partial charge in [0.2, 0.25) is 5.91 Å². The summed E-state index contributed by atoms with van der Waals surface area (Å²) in [6.07, 6.45) is 1.53. The van der Waals surface area contributed by atoms with Crippen LogP contribution in [0.5, 0.6) is 0 Å². The Labute approximate surface area is 190 Å². The van der Waals surface area contributed by atoms with E-state index in [9.17, 15) is 19.7 Å². The molecular formula is C22H24N4O5S. The largest absolute Gasteiger partial charge is 0.458 e. The first-order valence-electron chi connectivity index (χ1n) is 9.99. The van der Waals surface area contributed by atoms with Crippen LogP contribution in [-0.2, 0) is 14.3 Å². The van der Waals surface area contributed by atoms with E-state index in [0.717, 1.165) is 0 Å². The lowest BCUT2D eigenvalue weighted by Crippen LogP contribution is -2.38. The number of hydrogen-bond donors (Lipinski definition) is 1. The predicted octanol–water partition coefficient (Wildman–Crippen LogP) is 3.81. The number of ether oxygens (including phenoxy) is 1. The number of esters is 1. The van der Waals surface area contributed by atoms with Crippen molar-refractivity contribution < 1.29 is 19.2 Å². The quantitative estimate of drug-likeness (QED) is 0.274. The number of nitro benzene ring substituents is 1. The third-order valence-corrected chi connectivity index (χ3v) is 5.63. The van der Waals surface area contributed by atoms with Gasteiger partial charge in [-0.3, -0.25) is 14.9 Å². The first kappa shape index (κ1) is 23.3. The lowest BCUT2D eigenvalue weighted by Gasteiger charge is -2.36. The number of nitrogens with zero attached hydrogens (tertiary/aromatic N) is 3.